The number of hydrogen-bond acceptors (Lipinski definition) is 3. The van der Waals surface area contributed by atoms with E-state index in [4.69, 9.17) is 0 Å². The van der Waals surface area contributed by atoms with Crippen molar-refractivity contribution < 1.29 is 15.0 Å². The van der Waals surface area contributed by atoms with Crippen LogP contribution in [0.2, 0.25) is 0 Å². The molecule has 24 heavy (non-hydrogen) atoms. The average Bonchev–Trinajstić information content (AvgIpc) is 2.90. The second-order valence-corrected chi connectivity index (χ2v) is 6.77. The number of unbranched alkanes of at least 4 members (excludes halogenated alkanes) is 12. The van der Waals surface area contributed by atoms with Gasteiger partial charge < -0.3 is 10.2 Å². The molecule has 1 aromatic heterocycles. The third-order valence-corrected chi connectivity index (χ3v) is 4.58. The second kappa shape index (κ2) is 12.9. The van der Waals surface area contributed by atoms with Gasteiger partial charge in [0.1, 0.15) is 0 Å². The quantitative estimate of drug-likeness (QED) is 0.408. The van der Waals surface area contributed by atoms with Crippen LogP contribution in [0.1, 0.15) is 102 Å². The monoisotopic (exact) mass is 337 g/mol. The van der Waals surface area contributed by atoms with Gasteiger partial charge in [-0.2, -0.15) is 0 Å². The summed E-state index contributed by atoms with van der Waals surface area (Å²) in [5.41, 5.74) is 0. The summed E-state index contributed by atoms with van der Waals surface area (Å²) in [4.78, 5) is 11.9. The van der Waals surface area contributed by atoms with Crippen molar-refractivity contribution in [2.45, 2.75) is 96.8 Å². The van der Waals surface area contributed by atoms with Gasteiger partial charge in [0.15, 0.2) is 0 Å². The van der Waals surface area contributed by atoms with Crippen LogP contribution in [0.3, 0.4) is 0 Å². The third kappa shape index (κ3) is 8.42. The van der Waals surface area contributed by atoms with Gasteiger partial charge in [0.2, 0.25) is 17.7 Å². The van der Waals surface area contributed by atoms with Crippen LogP contribution in [0.5, 0.6) is 11.8 Å². The molecule has 0 aliphatic heterocycles. The normalized spacial score (nSPS) is 11.0. The Labute approximate surface area is 146 Å². The zero-order valence-electron chi connectivity index (χ0n) is 15.3. The molecule has 0 saturated heterocycles. The second-order valence-electron chi connectivity index (χ2n) is 6.77. The summed E-state index contributed by atoms with van der Waals surface area (Å²) in [7, 11) is 0. The number of carbonyl (C=O) groups is 1. The Morgan fingerprint density at radius 1 is 0.750 bits per heavy atom. The van der Waals surface area contributed by atoms with Crippen LogP contribution in [-0.4, -0.2) is 20.7 Å². The van der Waals surface area contributed by atoms with Gasteiger partial charge in [0.25, 0.3) is 0 Å². The number of aromatic nitrogens is 1. The fraction of sp³-hybridized carbons (Fsp3) is 0.750. The van der Waals surface area contributed by atoms with E-state index in [1.54, 1.807) is 0 Å². The van der Waals surface area contributed by atoms with Crippen molar-refractivity contribution in [3.8, 4) is 11.8 Å². The van der Waals surface area contributed by atoms with Gasteiger partial charge in [-0.05, 0) is 6.42 Å². The van der Waals surface area contributed by atoms with E-state index in [2.05, 4.69) is 6.92 Å². The van der Waals surface area contributed by atoms with E-state index in [1.807, 2.05) is 0 Å². The summed E-state index contributed by atoms with van der Waals surface area (Å²) < 4.78 is 0.973. The molecule has 4 heteroatoms. The van der Waals surface area contributed by atoms with Crippen LogP contribution < -0.4 is 0 Å². The molecular weight excluding hydrogens is 302 g/mol. The Kier molecular flexibility index (Phi) is 11.1. The lowest BCUT2D eigenvalue weighted by Crippen LogP contribution is -2.08. The molecule has 4 nitrogen and oxygen atoms in total. The molecule has 0 fully saturated rings. The first-order chi connectivity index (χ1) is 11.7. The molecule has 1 rings (SSSR count). The fourth-order valence-corrected chi connectivity index (χ4v) is 3.08. The van der Waals surface area contributed by atoms with Crippen molar-refractivity contribution in [1.29, 1.82) is 0 Å². The molecule has 0 aromatic carbocycles. The highest BCUT2D eigenvalue weighted by Gasteiger charge is 2.13. The molecule has 1 aromatic rings. The van der Waals surface area contributed by atoms with Gasteiger partial charge in [-0.1, -0.05) is 84.0 Å². The predicted octanol–water partition coefficient (Wildman–Crippen LogP) is 6.02. The highest BCUT2D eigenvalue weighted by molar-refractivity contribution is 5.82. The number of aromatic hydroxyl groups is 2. The lowest BCUT2D eigenvalue weighted by atomic mass is 10.0. The molecule has 0 atom stereocenters. The molecule has 138 valence electrons. The molecule has 0 bridgehead atoms. The van der Waals surface area contributed by atoms with Crippen LogP contribution in [0.4, 0.5) is 0 Å². The summed E-state index contributed by atoms with van der Waals surface area (Å²) in [6.07, 6.45) is 16.9. The number of rotatable bonds is 14. The summed E-state index contributed by atoms with van der Waals surface area (Å²) in [6.45, 7) is 2.25. The van der Waals surface area contributed by atoms with Gasteiger partial charge in [-0.3, -0.25) is 4.79 Å². The topological polar surface area (TPSA) is 62.5 Å². The van der Waals surface area contributed by atoms with Gasteiger partial charge in [-0.25, -0.2) is 4.57 Å². The zero-order valence-corrected chi connectivity index (χ0v) is 15.3. The SMILES string of the molecule is CCCCCCCCCCCCCCCC(=O)n1c(O)ccc1O. The molecule has 2 N–H and O–H groups in total. The first-order valence-electron chi connectivity index (χ1n) is 9.79. The number of hydrogen-bond donors (Lipinski definition) is 2. The van der Waals surface area contributed by atoms with Crippen LogP contribution in [-0.2, 0) is 0 Å². The smallest absolute Gasteiger partial charge is 0.236 e. The first-order valence-corrected chi connectivity index (χ1v) is 9.79. The van der Waals surface area contributed by atoms with E-state index in [0.717, 1.165) is 23.8 Å². The van der Waals surface area contributed by atoms with Crippen molar-refractivity contribution in [2.75, 3.05) is 0 Å². The lowest BCUT2D eigenvalue weighted by molar-refractivity contribution is 0.0880. The Hall–Kier alpha value is -1.45. The molecule has 0 aliphatic rings. The van der Waals surface area contributed by atoms with E-state index < -0.39 is 0 Å². The van der Waals surface area contributed by atoms with E-state index >= 15 is 0 Å². The minimum atomic E-state index is -0.238. The predicted molar refractivity (Wildman–Crippen MR) is 98.7 cm³/mol. The van der Waals surface area contributed by atoms with Crippen molar-refractivity contribution in [3.63, 3.8) is 0 Å². The maximum atomic E-state index is 11.9. The van der Waals surface area contributed by atoms with E-state index in [0.29, 0.717) is 6.42 Å². The Morgan fingerprint density at radius 2 is 1.12 bits per heavy atom. The highest BCUT2D eigenvalue weighted by atomic mass is 16.3. The molecule has 0 unspecified atom stereocenters. The molecule has 0 spiro atoms. The van der Waals surface area contributed by atoms with Crippen LogP contribution in [0, 0.1) is 0 Å². The third-order valence-electron chi connectivity index (χ3n) is 4.58. The van der Waals surface area contributed by atoms with E-state index in [-0.39, 0.29) is 17.7 Å². The van der Waals surface area contributed by atoms with E-state index in [1.165, 1.54) is 76.3 Å². The Morgan fingerprint density at radius 3 is 1.54 bits per heavy atom. The van der Waals surface area contributed by atoms with Crippen molar-refractivity contribution >= 4 is 5.91 Å². The molecule has 0 saturated carbocycles. The zero-order chi connectivity index (χ0) is 17.6. The maximum absolute atomic E-state index is 11.9. The molecule has 0 radical (unpaired) electrons. The Balaban J connectivity index is 1.90. The summed E-state index contributed by atoms with van der Waals surface area (Å²) in [6, 6.07) is 2.66. The van der Waals surface area contributed by atoms with Gasteiger partial charge >= 0.3 is 0 Å². The average molecular weight is 338 g/mol. The summed E-state index contributed by atoms with van der Waals surface area (Å²) in [5, 5.41) is 19.0. The molecular formula is C20H35NO3. The van der Waals surface area contributed by atoms with Crippen LogP contribution >= 0.6 is 0 Å². The largest absolute Gasteiger partial charge is 0.494 e. The van der Waals surface area contributed by atoms with Gasteiger partial charge in [-0.15, -0.1) is 0 Å². The van der Waals surface area contributed by atoms with Crippen LogP contribution in [0.25, 0.3) is 0 Å². The van der Waals surface area contributed by atoms with Crippen molar-refractivity contribution in [2.24, 2.45) is 0 Å². The Bertz CT molecular complexity index is 434. The van der Waals surface area contributed by atoms with Gasteiger partial charge in [0.05, 0.1) is 0 Å². The van der Waals surface area contributed by atoms with Crippen molar-refractivity contribution in [1.82, 2.24) is 4.57 Å². The van der Waals surface area contributed by atoms with E-state index in [9.17, 15) is 15.0 Å². The van der Waals surface area contributed by atoms with Crippen LogP contribution in [0.15, 0.2) is 12.1 Å². The highest BCUT2D eigenvalue weighted by Crippen LogP contribution is 2.22. The summed E-state index contributed by atoms with van der Waals surface area (Å²) >= 11 is 0. The number of nitrogens with zero attached hydrogens (tertiary/aromatic N) is 1. The maximum Gasteiger partial charge on any atom is 0.236 e. The number of carbonyl (C=O) groups excluding carboxylic acids is 1. The van der Waals surface area contributed by atoms with Crippen molar-refractivity contribution in [3.05, 3.63) is 12.1 Å². The first kappa shape index (κ1) is 20.6. The minimum Gasteiger partial charge on any atom is -0.494 e. The standard InChI is InChI=1S/C20H35NO3/c1-2-3-4-5-6-7-8-9-10-11-12-13-14-15-18(22)21-19(23)16-17-20(21)24/h16-17,23-24H,2-15H2,1H3. The molecule has 0 amide bonds. The summed E-state index contributed by atoms with van der Waals surface area (Å²) in [5.74, 6) is -0.613. The molecule has 0 aliphatic carbocycles. The minimum absolute atomic E-state index is 0.188. The fourth-order valence-electron chi connectivity index (χ4n) is 3.08. The van der Waals surface area contributed by atoms with Gasteiger partial charge in [0, 0.05) is 18.6 Å². The lowest BCUT2D eigenvalue weighted by Gasteiger charge is -2.05. The molecule has 1 heterocycles.